The van der Waals surface area contributed by atoms with Gasteiger partial charge in [-0.25, -0.2) is 0 Å². The highest BCUT2D eigenvalue weighted by atomic mass is 16.4. The molecule has 0 aromatic carbocycles. The van der Waals surface area contributed by atoms with Gasteiger partial charge in [-0.2, -0.15) is 0 Å². The number of nitrogens with zero attached hydrogens (tertiary/aromatic N) is 3. The van der Waals surface area contributed by atoms with E-state index in [9.17, 15) is 9.59 Å². The highest BCUT2D eigenvalue weighted by molar-refractivity contribution is 5.94. The van der Waals surface area contributed by atoms with E-state index >= 15 is 0 Å². The monoisotopic (exact) mass is 285 g/mol. The maximum absolute atomic E-state index is 12.5. The molecule has 2 aromatic rings. The van der Waals surface area contributed by atoms with E-state index in [0.29, 0.717) is 12.1 Å². The molecule has 0 spiro atoms. The Hall–Kier alpha value is -2.76. The molecule has 108 valence electrons. The van der Waals surface area contributed by atoms with Crippen molar-refractivity contribution < 1.29 is 14.7 Å². The number of pyridine rings is 2. The number of amides is 1. The van der Waals surface area contributed by atoms with Crippen LogP contribution in [0.2, 0.25) is 0 Å². The van der Waals surface area contributed by atoms with Crippen molar-refractivity contribution in [2.75, 3.05) is 6.54 Å². The smallest absolute Gasteiger partial charge is 0.305 e. The van der Waals surface area contributed by atoms with Crippen LogP contribution in [0.3, 0.4) is 0 Å². The molecule has 0 radical (unpaired) electrons. The Kier molecular flexibility index (Phi) is 4.98. The van der Waals surface area contributed by atoms with E-state index in [1.54, 1.807) is 36.7 Å². The minimum Gasteiger partial charge on any atom is -0.481 e. The van der Waals surface area contributed by atoms with Crippen molar-refractivity contribution in [3.05, 3.63) is 60.2 Å². The molecule has 0 saturated carbocycles. The number of rotatable bonds is 6. The van der Waals surface area contributed by atoms with E-state index in [1.165, 1.54) is 17.3 Å². The lowest BCUT2D eigenvalue weighted by Gasteiger charge is -2.22. The Morgan fingerprint density at radius 3 is 2.14 bits per heavy atom. The van der Waals surface area contributed by atoms with Gasteiger partial charge in [0.2, 0.25) is 0 Å². The number of aromatic nitrogens is 2. The van der Waals surface area contributed by atoms with Crippen LogP contribution >= 0.6 is 0 Å². The van der Waals surface area contributed by atoms with Gasteiger partial charge in [0.25, 0.3) is 5.91 Å². The first-order chi connectivity index (χ1) is 10.2. The maximum atomic E-state index is 12.5. The zero-order valence-electron chi connectivity index (χ0n) is 11.3. The topological polar surface area (TPSA) is 83.4 Å². The lowest BCUT2D eigenvalue weighted by molar-refractivity contribution is -0.137. The molecule has 0 aliphatic carbocycles. The van der Waals surface area contributed by atoms with Gasteiger partial charge in [0, 0.05) is 43.4 Å². The number of hydrogen-bond donors (Lipinski definition) is 1. The third-order valence-corrected chi connectivity index (χ3v) is 2.93. The Morgan fingerprint density at radius 2 is 1.57 bits per heavy atom. The summed E-state index contributed by atoms with van der Waals surface area (Å²) in [6.07, 6.45) is 6.26. The first-order valence-electron chi connectivity index (χ1n) is 6.47. The summed E-state index contributed by atoms with van der Waals surface area (Å²) >= 11 is 0. The second-order valence-corrected chi connectivity index (χ2v) is 4.46. The minimum atomic E-state index is -0.933. The summed E-state index contributed by atoms with van der Waals surface area (Å²) in [5, 5.41) is 8.82. The van der Waals surface area contributed by atoms with Crippen molar-refractivity contribution in [2.24, 2.45) is 0 Å². The van der Waals surface area contributed by atoms with Crippen LogP contribution in [-0.4, -0.2) is 38.4 Å². The van der Waals surface area contributed by atoms with Gasteiger partial charge in [-0.15, -0.1) is 0 Å². The molecular weight excluding hydrogens is 270 g/mol. The number of carboxylic acid groups (broad SMARTS) is 1. The van der Waals surface area contributed by atoms with Crippen molar-refractivity contribution in [1.82, 2.24) is 14.9 Å². The van der Waals surface area contributed by atoms with Gasteiger partial charge in [-0.3, -0.25) is 19.6 Å². The van der Waals surface area contributed by atoms with Crippen molar-refractivity contribution in [1.29, 1.82) is 0 Å². The number of carbonyl (C=O) groups excluding carboxylic acids is 1. The van der Waals surface area contributed by atoms with Crippen LogP contribution in [0.4, 0.5) is 0 Å². The summed E-state index contributed by atoms with van der Waals surface area (Å²) in [6.45, 7) is 0.496. The molecule has 2 aromatic heterocycles. The number of hydrogen-bond acceptors (Lipinski definition) is 4. The van der Waals surface area contributed by atoms with E-state index in [-0.39, 0.29) is 18.9 Å². The molecule has 1 N–H and O–H groups in total. The highest BCUT2D eigenvalue weighted by Gasteiger charge is 2.17. The second kappa shape index (κ2) is 7.14. The van der Waals surface area contributed by atoms with E-state index in [1.807, 2.05) is 0 Å². The zero-order chi connectivity index (χ0) is 15.1. The van der Waals surface area contributed by atoms with Crippen LogP contribution in [0.25, 0.3) is 0 Å². The molecule has 2 rings (SSSR count). The van der Waals surface area contributed by atoms with Gasteiger partial charge < -0.3 is 10.0 Å². The molecule has 21 heavy (non-hydrogen) atoms. The summed E-state index contributed by atoms with van der Waals surface area (Å²) < 4.78 is 0. The van der Waals surface area contributed by atoms with Crippen LogP contribution in [-0.2, 0) is 11.3 Å². The first-order valence-corrected chi connectivity index (χ1v) is 6.47. The van der Waals surface area contributed by atoms with Gasteiger partial charge in [0.05, 0.1) is 6.42 Å². The van der Waals surface area contributed by atoms with Gasteiger partial charge >= 0.3 is 5.97 Å². The molecule has 0 aliphatic rings. The highest BCUT2D eigenvalue weighted by Crippen LogP contribution is 2.10. The molecule has 6 nitrogen and oxygen atoms in total. The standard InChI is InChI=1S/C15H15N3O3/c19-14(20)5-10-18(11-12-1-6-16-7-2-12)15(21)13-3-8-17-9-4-13/h1-4,6-9H,5,10-11H2,(H,19,20). The van der Waals surface area contributed by atoms with E-state index in [4.69, 9.17) is 5.11 Å². The summed E-state index contributed by atoms with van der Waals surface area (Å²) in [4.78, 5) is 32.5. The molecule has 0 fully saturated rings. The summed E-state index contributed by atoms with van der Waals surface area (Å²) in [5.74, 6) is -1.15. The molecule has 0 aliphatic heterocycles. The fourth-order valence-corrected chi connectivity index (χ4v) is 1.87. The normalized spacial score (nSPS) is 10.1. The summed E-state index contributed by atoms with van der Waals surface area (Å²) in [5.41, 5.74) is 1.39. The Labute approximate surface area is 122 Å². The van der Waals surface area contributed by atoms with Crippen LogP contribution in [0.15, 0.2) is 49.1 Å². The van der Waals surface area contributed by atoms with E-state index < -0.39 is 5.97 Å². The Morgan fingerprint density at radius 1 is 1.00 bits per heavy atom. The quantitative estimate of drug-likeness (QED) is 0.871. The second-order valence-electron chi connectivity index (χ2n) is 4.46. The molecule has 6 heteroatoms. The Balaban J connectivity index is 2.15. The van der Waals surface area contributed by atoms with Gasteiger partial charge in [-0.1, -0.05) is 0 Å². The fraction of sp³-hybridized carbons (Fsp3) is 0.200. The number of carboxylic acids is 1. The first kappa shape index (κ1) is 14.6. The van der Waals surface area contributed by atoms with E-state index in [2.05, 4.69) is 9.97 Å². The fourth-order valence-electron chi connectivity index (χ4n) is 1.87. The predicted molar refractivity (Wildman–Crippen MR) is 75.5 cm³/mol. The molecule has 0 bridgehead atoms. The zero-order valence-corrected chi connectivity index (χ0v) is 11.3. The summed E-state index contributed by atoms with van der Waals surface area (Å²) in [6, 6.07) is 6.83. The SMILES string of the molecule is O=C(O)CCN(Cc1ccncc1)C(=O)c1ccncc1. The molecular formula is C15H15N3O3. The lowest BCUT2D eigenvalue weighted by Crippen LogP contribution is -2.32. The van der Waals surface area contributed by atoms with Gasteiger partial charge in [0.15, 0.2) is 0 Å². The summed E-state index contributed by atoms with van der Waals surface area (Å²) in [7, 11) is 0. The number of carbonyl (C=O) groups is 2. The molecule has 0 saturated heterocycles. The van der Waals surface area contributed by atoms with Gasteiger partial charge in [0.1, 0.15) is 0 Å². The third-order valence-electron chi connectivity index (χ3n) is 2.93. The Bertz CT molecular complexity index is 602. The van der Waals surface area contributed by atoms with Crippen LogP contribution < -0.4 is 0 Å². The van der Waals surface area contributed by atoms with Crippen molar-refractivity contribution in [3.63, 3.8) is 0 Å². The molecule has 2 heterocycles. The van der Waals surface area contributed by atoms with Crippen molar-refractivity contribution >= 4 is 11.9 Å². The van der Waals surface area contributed by atoms with Crippen molar-refractivity contribution in [2.45, 2.75) is 13.0 Å². The molecule has 0 unspecified atom stereocenters. The largest absolute Gasteiger partial charge is 0.481 e. The van der Waals surface area contributed by atoms with Crippen LogP contribution in [0, 0.1) is 0 Å². The van der Waals surface area contributed by atoms with E-state index in [0.717, 1.165) is 5.56 Å². The lowest BCUT2D eigenvalue weighted by atomic mass is 10.2. The average molecular weight is 285 g/mol. The number of aliphatic carboxylic acids is 1. The molecule has 1 amide bonds. The van der Waals surface area contributed by atoms with Crippen molar-refractivity contribution in [3.8, 4) is 0 Å². The van der Waals surface area contributed by atoms with Crippen LogP contribution in [0.5, 0.6) is 0 Å². The maximum Gasteiger partial charge on any atom is 0.305 e. The third kappa shape index (κ3) is 4.38. The minimum absolute atomic E-state index is 0.0953. The van der Waals surface area contributed by atoms with Crippen LogP contribution in [0.1, 0.15) is 22.3 Å². The molecule has 0 atom stereocenters. The predicted octanol–water partition coefficient (Wildman–Crippen LogP) is 1.59. The average Bonchev–Trinajstić information content (AvgIpc) is 2.52. The van der Waals surface area contributed by atoms with Gasteiger partial charge in [-0.05, 0) is 29.8 Å².